The van der Waals surface area contributed by atoms with Gasteiger partial charge in [-0.05, 0) is 49.4 Å². The highest BCUT2D eigenvalue weighted by Gasteiger charge is 2.45. The van der Waals surface area contributed by atoms with E-state index in [1.165, 1.54) is 12.8 Å². The molecule has 90 valence electrons. The zero-order valence-corrected chi connectivity index (χ0v) is 10.2. The first kappa shape index (κ1) is 10.9. The van der Waals surface area contributed by atoms with Crippen molar-refractivity contribution < 1.29 is 5.21 Å². The molecule has 0 amide bonds. The molecular weight excluding hydrogens is 236 g/mol. The monoisotopic (exact) mass is 250 g/mol. The number of halogens is 1. The fourth-order valence-electron chi connectivity index (χ4n) is 3.14. The summed E-state index contributed by atoms with van der Waals surface area (Å²) in [4.78, 5) is 0. The molecule has 4 heteroatoms. The number of nitrogens with zero attached hydrogens (tertiary/aromatic N) is 1. The topological polar surface area (TPSA) is 44.6 Å². The van der Waals surface area contributed by atoms with Crippen LogP contribution < -0.4 is 5.32 Å². The summed E-state index contributed by atoms with van der Waals surface area (Å²) in [6, 6.07) is 7.85. The van der Waals surface area contributed by atoms with Crippen molar-refractivity contribution >= 4 is 23.0 Å². The van der Waals surface area contributed by atoms with Gasteiger partial charge in [0.2, 0.25) is 0 Å². The normalized spacial score (nSPS) is 33.2. The minimum Gasteiger partial charge on any atom is -0.411 e. The minimum absolute atomic E-state index is 0.194. The van der Waals surface area contributed by atoms with Gasteiger partial charge in [0.1, 0.15) is 0 Å². The zero-order chi connectivity index (χ0) is 11.8. The smallest absolute Gasteiger partial charge is 0.0826 e. The standard InChI is InChI=1S/C13H15ClN2O/c14-10-3-5-11(6-4-10)15-12-8-1-2-9(7-8)13(12)16-17/h3-6,8-9,12,15,17H,1-2,7H2/b16-13-/t8-,9+,12-/m1/s1. The van der Waals surface area contributed by atoms with E-state index >= 15 is 0 Å². The first-order valence-electron chi connectivity index (χ1n) is 6.02. The van der Waals surface area contributed by atoms with Crippen LogP contribution in [0, 0.1) is 11.8 Å². The number of benzene rings is 1. The van der Waals surface area contributed by atoms with Crippen LogP contribution in [0.5, 0.6) is 0 Å². The highest BCUT2D eigenvalue weighted by molar-refractivity contribution is 6.30. The van der Waals surface area contributed by atoms with Crippen molar-refractivity contribution in [2.24, 2.45) is 17.0 Å². The van der Waals surface area contributed by atoms with Crippen LogP contribution in [0.4, 0.5) is 5.69 Å². The molecule has 0 unspecified atom stereocenters. The number of fused-ring (bicyclic) bond motifs is 2. The fourth-order valence-corrected chi connectivity index (χ4v) is 3.27. The van der Waals surface area contributed by atoms with Crippen molar-refractivity contribution in [2.75, 3.05) is 5.32 Å². The number of oxime groups is 1. The first-order chi connectivity index (χ1) is 8.28. The van der Waals surface area contributed by atoms with Gasteiger partial charge in [-0.2, -0.15) is 0 Å². The van der Waals surface area contributed by atoms with E-state index in [2.05, 4.69) is 10.5 Å². The third-order valence-electron chi connectivity index (χ3n) is 3.96. The SMILES string of the molecule is O/N=C1/[C@H]2CC[C@H](C2)[C@H]1Nc1ccc(Cl)cc1. The fraction of sp³-hybridized carbons (Fsp3) is 0.462. The minimum atomic E-state index is 0.194. The maximum atomic E-state index is 9.11. The van der Waals surface area contributed by atoms with Crippen LogP contribution in [0.25, 0.3) is 0 Å². The Hall–Kier alpha value is -1.22. The Labute approximate surface area is 105 Å². The van der Waals surface area contributed by atoms with E-state index in [1.807, 2.05) is 24.3 Å². The van der Waals surface area contributed by atoms with Crippen LogP contribution in [-0.2, 0) is 0 Å². The Morgan fingerprint density at radius 2 is 2.00 bits per heavy atom. The predicted molar refractivity (Wildman–Crippen MR) is 68.9 cm³/mol. The summed E-state index contributed by atoms with van der Waals surface area (Å²) in [6.45, 7) is 0. The molecule has 1 aromatic rings. The second-order valence-corrected chi connectivity index (χ2v) is 5.36. The molecule has 3 atom stereocenters. The summed E-state index contributed by atoms with van der Waals surface area (Å²) in [5.74, 6) is 1.09. The van der Waals surface area contributed by atoms with Crippen LogP contribution >= 0.6 is 11.6 Å². The number of hydrogen-bond acceptors (Lipinski definition) is 3. The van der Waals surface area contributed by atoms with Gasteiger partial charge in [0.05, 0.1) is 11.8 Å². The number of nitrogens with one attached hydrogen (secondary N) is 1. The number of hydrogen-bond donors (Lipinski definition) is 2. The number of rotatable bonds is 2. The Morgan fingerprint density at radius 3 is 2.71 bits per heavy atom. The lowest BCUT2D eigenvalue weighted by Crippen LogP contribution is -2.35. The van der Waals surface area contributed by atoms with Crippen molar-refractivity contribution in [3.63, 3.8) is 0 Å². The lowest BCUT2D eigenvalue weighted by molar-refractivity contribution is 0.312. The van der Waals surface area contributed by atoms with Gasteiger partial charge in [-0.1, -0.05) is 16.8 Å². The van der Waals surface area contributed by atoms with Crippen LogP contribution in [0.15, 0.2) is 29.4 Å². The van der Waals surface area contributed by atoms with E-state index in [0.717, 1.165) is 22.8 Å². The Balaban J connectivity index is 1.79. The van der Waals surface area contributed by atoms with E-state index in [4.69, 9.17) is 16.8 Å². The summed E-state index contributed by atoms with van der Waals surface area (Å²) < 4.78 is 0. The summed E-state index contributed by atoms with van der Waals surface area (Å²) in [5.41, 5.74) is 1.96. The maximum Gasteiger partial charge on any atom is 0.0826 e. The van der Waals surface area contributed by atoms with Gasteiger partial charge in [-0.3, -0.25) is 0 Å². The van der Waals surface area contributed by atoms with Gasteiger partial charge in [0.15, 0.2) is 0 Å². The van der Waals surface area contributed by atoms with E-state index in [-0.39, 0.29) is 6.04 Å². The molecule has 0 aromatic heterocycles. The van der Waals surface area contributed by atoms with Crippen molar-refractivity contribution in [1.82, 2.24) is 0 Å². The molecule has 2 saturated carbocycles. The average molecular weight is 251 g/mol. The largest absolute Gasteiger partial charge is 0.411 e. The van der Waals surface area contributed by atoms with Gasteiger partial charge in [-0.25, -0.2) is 0 Å². The van der Waals surface area contributed by atoms with Gasteiger partial charge in [0, 0.05) is 16.6 Å². The van der Waals surface area contributed by atoms with E-state index in [9.17, 15) is 0 Å². The summed E-state index contributed by atoms with van der Waals surface area (Å²) in [5, 5.41) is 16.8. The second-order valence-electron chi connectivity index (χ2n) is 4.92. The molecule has 0 aliphatic heterocycles. The highest BCUT2D eigenvalue weighted by atomic mass is 35.5. The van der Waals surface area contributed by atoms with Gasteiger partial charge in [-0.15, -0.1) is 0 Å². The van der Waals surface area contributed by atoms with Gasteiger partial charge >= 0.3 is 0 Å². The molecule has 0 saturated heterocycles. The van der Waals surface area contributed by atoms with Crippen LogP contribution in [0.3, 0.4) is 0 Å². The molecule has 17 heavy (non-hydrogen) atoms. The van der Waals surface area contributed by atoms with Crippen molar-refractivity contribution in [2.45, 2.75) is 25.3 Å². The molecular formula is C13H15ClN2O. The molecule has 0 heterocycles. The molecule has 2 aliphatic rings. The van der Waals surface area contributed by atoms with Crippen LogP contribution in [0.1, 0.15) is 19.3 Å². The van der Waals surface area contributed by atoms with Crippen molar-refractivity contribution in [1.29, 1.82) is 0 Å². The quantitative estimate of drug-likeness (QED) is 0.624. The molecule has 3 rings (SSSR count). The van der Waals surface area contributed by atoms with E-state index < -0.39 is 0 Å². The van der Waals surface area contributed by atoms with E-state index in [0.29, 0.717) is 11.8 Å². The Bertz CT molecular complexity index is 443. The van der Waals surface area contributed by atoms with Gasteiger partial charge < -0.3 is 10.5 Å². The second kappa shape index (κ2) is 4.22. The predicted octanol–water partition coefficient (Wildman–Crippen LogP) is 3.38. The molecule has 2 aliphatic carbocycles. The lowest BCUT2D eigenvalue weighted by atomic mass is 9.93. The number of anilines is 1. The lowest BCUT2D eigenvalue weighted by Gasteiger charge is -2.24. The summed E-state index contributed by atoms with van der Waals surface area (Å²) in [7, 11) is 0. The Morgan fingerprint density at radius 1 is 1.24 bits per heavy atom. The van der Waals surface area contributed by atoms with Gasteiger partial charge in [0.25, 0.3) is 0 Å². The Kier molecular flexibility index (Phi) is 2.71. The van der Waals surface area contributed by atoms with E-state index in [1.54, 1.807) is 0 Å². The molecule has 3 nitrogen and oxygen atoms in total. The zero-order valence-electron chi connectivity index (χ0n) is 9.44. The third kappa shape index (κ3) is 1.89. The third-order valence-corrected chi connectivity index (χ3v) is 4.22. The van der Waals surface area contributed by atoms with Crippen molar-refractivity contribution in [3.05, 3.63) is 29.3 Å². The molecule has 2 N–H and O–H groups in total. The molecule has 1 aromatic carbocycles. The molecule has 0 radical (unpaired) electrons. The van der Waals surface area contributed by atoms with Crippen LogP contribution in [0.2, 0.25) is 5.02 Å². The molecule has 2 bridgehead atoms. The molecule has 0 spiro atoms. The first-order valence-corrected chi connectivity index (χ1v) is 6.39. The van der Waals surface area contributed by atoms with Crippen LogP contribution in [-0.4, -0.2) is 17.0 Å². The average Bonchev–Trinajstić information content (AvgIpc) is 2.92. The van der Waals surface area contributed by atoms with Crippen molar-refractivity contribution in [3.8, 4) is 0 Å². The summed E-state index contributed by atoms with van der Waals surface area (Å²) in [6.07, 6.45) is 3.56. The molecule has 2 fully saturated rings. The maximum absolute atomic E-state index is 9.11. The highest BCUT2D eigenvalue weighted by Crippen LogP contribution is 2.43. The summed E-state index contributed by atoms with van der Waals surface area (Å²) >= 11 is 5.86.